The number of esters is 2. The molecule has 0 heterocycles. The zero-order valence-electron chi connectivity index (χ0n) is 33.9. The van der Waals surface area contributed by atoms with Crippen molar-refractivity contribution in [2.45, 2.75) is 180 Å². The minimum Gasteiger partial charge on any atom is -0.462 e. The summed E-state index contributed by atoms with van der Waals surface area (Å²) in [4.78, 5) is 34.9. The fourth-order valence-corrected chi connectivity index (χ4v) is 6.05. The molecule has 0 aromatic carbocycles. The second kappa shape index (κ2) is 37.4. The first-order chi connectivity index (χ1) is 26.5. The largest absolute Gasteiger partial charge is 0.472 e. The maximum atomic E-state index is 12.6. The number of phosphoric acid groups is 1. The number of unbranched alkanes of at least 4 members (excludes halogenated alkanes) is 12. The van der Waals surface area contributed by atoms with E-state index in [0.717, 1.165) is 77.0 Å². The Bertz CT molecular complexity index is 1090. The van der Waals surface area contributed by atoms with Crippen LogP contribution in [-0.2, 0) is 32.7 Å². The Morgan fingerprint density at radius 1 is 0.600 bits per heavy atom. The van der Waals surface area contributed by atoms with E-state index in [1.807, 2.05) is 6.08 Å². The van der Waals surface area contributed by atoms with E-state index in [-0.39, 0.29) is 19.4 Å². The minimum absolute atomic E-state index is 0.0752. The summed E-state index contributed by atoms with van der Waals surface area (Å²) < 4.78 is 32.5. The summed E-state index contributed by atoms with van der Waals surface area (Å²) in [6.45, 7) is 2.05. The van der Waals surface area contributed by atoms with Gasteiger partial charge in [-0.25, -0.2) is 4.57 Å². The summed E-state index contributed by atoms with van der Waals surface area (Å²) in [7, 11) is -4.67. The molecule has 0 saturated heterocycles. The lowest BCUT2D eigenvalue weighted by Crippen LogP contribution is -2.29. The Kier molecular flexibility index (Phi) is 36.0. The predicted octanol–water partition coefficient (Wildman–Crippen LogP) is 8.50. The molecular weight excluding hydrogens is 727 g/mol. The predicted molar refractivity (Wildman–Crippen MR) is 217 cm³/mol. The molecule has 0 aliphatic heterocycles. The molecule has 13 heteroatoms. The third-order valence-electron chi connectivity index (χ3n) is 8.66. The van der Waals surface area contributed by atoms with Crippen LogP contribution in [0.2, 0.25) is 0 Å². The highest BCUT2D eigenvalue weighted by atomic mass is 31.2. The summed E-state index contributed by atoms with van der Waals surface area (Å²) >= 11 is 0. The molecule has 0 rings (SSSR count). The first kappa shape index (κ1) is 52.9. The van der Waals surface area contributed by atoms with Gasteiger partial charge in [0.2, 0.25) is 0 Å². The molecule has 12 nitrogen and oxygen atoms in total. The number of phosphoric ester groups is 1. The van der Waals surface area contributed by atoms with Crippen LogP contribution < -0.4 is 0 Å². The second-order valence-electron chi connectivity index (χ2n) is 14.0. The summed E-state index contributed by atoms with van der Waals surface area (Å²) in [6.07, 6.45) is 31.0. The van der Waals surface area contributed by atoms with E-state index in [0.29, 0.717) is 25.7 Å². The fourth-order valence-electron chi connectivity index (χ4n) is 5.26. The molecule has 0 aliphatic rings. The molecule has 0 saturated carbocycles. The monoisotopic (exact) mass is 802 g/mol. The number of rotatable bonds is 38. The van der Waals surface area contributed by atoms with Crippen LogP contribution in [0.1, 0.15) is 155 Å². The Morgan fingerprint density at radius 2 is 1.11 bits per heavy atom. The average Bonchev–Trinajstić information content (AvgIpc) is 3.17. The van der Waals surface area contributed by atoms with Crippen LogP contribution in [0, 0.1) is 0 Å². The fraction of sp³-hybridized carbons (Fsp3) is 0.762. The van der Waals surface area contributed by atoms with Crippen LogP contribution in [0.25, 0.3) is 0 Å². The SMILES string of the molecule is CCCCC/C=C\C/C=C\C/C=C\CCCCC(=O)OC[C@H](COP(=O)(O)OC[C@@H](O)CO)OC(=O)CCCCCCC[C@H](O)[C@@H](O)C/C=C\CCCCC. The van der Waals surface area contributed by atoms with Gasteiger partial charge in [-0.05, 0) is 77.0 Å². The van der Waals surface area contributed by atoms with Crippen molar-refractivity contribution in [1.82, 2.24) is 0 Å². The van der Waals surface area contributed by atoms with Gasteiger partial charge in [0.1, 0.15) is 12.7 Å². The van der Waals surface area contributed by atoms with Gasteiger partial charge in [0.05, 0.1) is 32.0 Å². The zero-order chi connectivity index (χ0) is 40.8. The summed E-state index contributed by atoms with van der Waals surface area (Å²) in [6, 6.07) is 0. The Labute approximate surface area is 331 Å². The highest BCUT2D eigenvalue weighted by Gasteiger charge is 2.27. The van der Waals surface area contributed by atoms with E-state index in [1.54, 1.807) is 0 Å². The third-order valence-corrected chi connectivity index (χ3v) is 9.61. The van der Waals surface area contributed by atoms with E-state index in [2.05, 4.69) is 60.9 Å². The van der Waals surface area contributed by atoms with Gasteiger partial charge in [-0.3, -0.25) is 18.6 Å². The lowest BCUT2D eigenvalue weighted by atomic mass is 10.0. The number of aliphatic hydroxyl groups excluding tert-OH is 4. The average molecular weight is 803 g/mol. The lowest BCUT2D eigenvalue weighted by molar-refractivity contribution is -0.161. The number of carbonyl (C=O) groups excluding carboxylic acids is 2. The quantitative estimate of drug-likeness (QED) is 0.0174. The molecule has 0 amide bonds. The number of ether oxygens (including phenoxy) is 2. The van der Waals surface area contributed by atoms with Crippen molar-refractivity contribution in [2.75, 3.05) is 26.4 Å². The van der Waals surface area contributed by atoms with E-state index >= 15 is 0 Å². The molecular formula is C42H75O12P. The van der Waals surface area contributed by atoms with Crippen LogP contribution in [0.4, 0.5) is 0 Å². The Balaban J connectivity index is 4.52. The summed E-state index contributed by atoms with van der Waals surface area (Å²) in [5, 5.41) is 38.7. The van der Waals surface area contributed by atoms with E-state index < -0.39 is 64.0 Å². The molecule has 0 radical (unpaired) electrons. The molecule has 0 aliphatic carbocycles. The first-order valence-corrected chi connectivity index (χ1v) is 22.3. The van der Waals surface area contributed by atoms with Crippen molar-refractivity contribution < 1.29 is 58.0 Å². The van der Waals surface area contributed by atoms with Crippen molar-refractivity contribution in [2.24, 2.45) is 0 Å². The molecule has 0 aromatic heterocycles. The molecule has 0 spiro atoms. The second-order valence-corrected chi connectivity index (χ2v) is 15.4. The molecule has 5 N–H and O–H groups in total. The highest BCUT2D eigenvalue weighted by molar-refractivity contribution is 7.47. The number of hydrogen-bond acceptors (Lipinski definition) is 11. The van der Waals surface area contributed by atoms with E-state index in [9.17, 15) is 34.4 Å². The zero-order valence-corrected chi connectivity index (χ0v) is 34.7. The van der Waals surface area contributed by atoms with Gasteiger partial charge in [0.15, 0.2) is 6.10 Å². The van der Waals surface area contributed by atoms with Gasteiger partial charge in [0.25, 0.3) is 0 Å². The number of aliphatic hydroxyl groups is 4. The smallest absolute Gasteiger partial charge is 0.462 e. The maximum Gasteiger partial charge on any atom is 0.472 e. The van der Waals surface area contributed by atoms with Crippen molar-refractivity contribution in [3.63, 3.8) is 0 Å². The van der Waals surface area contributed by atoms with Crippen molar-refractivity contribution in [3.8, 4) is 0 Å². The van der Waals surface area contributed by atoms with Gasteiger partial charge < -0.3 is 34.8 Å². The van der Waals surface area contributed by atoms with Crippen molar-refractivity contribution in [1.29, 1.82) is 0 Å². The topological polar surface area (TPSA) is 189 Å². The van der Waals surface area contributed by atoms with Gasteiger partial charge in [0, 0.05) is 12.8 Å². The van der Waals surface area contributed by atoms with Gasteiger partial charge in [-0.15, -0.1) is 0 Å². The van der Waals surface area contributed by atoms with Crippen LogP contribution in [-0.4, -0.2) is 88.1 Å². The molecule has 1 unspecified atom stereocenters. The van der Waals surface area contributed by atoms with Crippen LogP contribution in [0.5, 0.6) is 0 Å². The molecule has 0 bridgehead atoms. The number of allylic oxidation sites excluding steroid dienone is 7. The van der Waals surface area contributed by atoms with Gasteiger partial charge >= 0.3 is 19.8 Å². The van der Waals surface area contributed by atoms with Crippen LogP contribution in [0.15, 0.2) is 48.6 Å². The molecule has 55 heavy (non-hydrogen) atoms. The summed E-state index contributed by atoms with van der Waals surface area (Å²) in [5.74, 6) is -1.09. The molecule has 5 atom stereocenters. The molecule has 320 valence electrons. The third kappa shape index (κ3) is 36.0. The standard InChI is InChI=1S/C42H75O12P/c1-3-5-7-9-11-12-13-14-15-16-17-18-19-23-27-31-41(47)51-35-38(36-53-55(49,50)52-34-37(44)33-43)54-42(48)32-28-24-20-22-26-30-40(46)39(45)29-25-21-10-8-6-4-2/h11-12,14-15,17-18,21,25,37-40,43-46H,3-10,13,16,19-20,22-24,26-36H2,1-2H3,(H,49,50)/b12-11-,15-14-,18-17-,25-21-/t37-,38+,39-,40-/m0/s1. The number of carbonyl (C=O) groups is 2. The normalized spacial score (nSPS) is 15.5. The number of hydrogen-bond donors (Lipinski definition) is 5. The van der Waals surface area contributed by atoms with Crippen LogP contribution in [0.3, 0.4) is 0 Å². The minimum atomic E-state index is -4.67. The van der Waals surface area contributed by atoms with E-state index in [1.165, 1.54) is 25.7 Å². The van der Waals surface area contributed by atoms with Crippen molar-refractivity contribution in [3.05, 3.63) is 48.6 Å². The van der Waals surface area contributed by atoms with Gasteiger partial charge in [-0.2, -0.15) is 0 Å². The lowest BCUT2D eigenvalue weighted by Gasteiger charge is -2.20. The van der Waals surface area contributed by atoms with E-state index in [4.69, 9.17) is 19.1 Å². The highest BCUT2D eigenvalue weighted by Crippen LogP contribution is 2.43. The Morgan fingerprint density at radius 3 is 1.73 bits per heavy atom. The maximum absolute atomic E-state index is 12.6. The summed E-state index contributed by atoms with van der Waals surface area (Å²) in [5.41, 5.74) is 0. The molecule has 0 aromatic rings. The first-order valence-electron chi connectivity index (χ1n) is 20.8. The Hall–Kier alpha value is -2.15. The van der Waals surface area contributed by atoms with Gasteiger partial charge in [-0.1, -0.05) is 114 Å². The van der Waals surface area contributed by atoms with Crippen molar-refractivity contribution >= 4 is 19.8 Å². The molecule has 0 fully saturated rings. The van der Waals surface area contributed by atoms with Crippen LogP contribution >= 0.6 is 7.82 Å².